The normalized spacial score (nSPS) is 11.1. The van der Waals surface area contributed by atoms with Gasteiger partial charge in [0.15, 0.2) is 0 Å². The Labute approximate surface area is 138 Å². The van der Waals surface area contributed by atoms with Crippen molar-refractivity contribution in [3.63, 3.8) is 0 Å². The number of carbonyl (C=O) groups is 4. The minimum absolute atomic E-state index is 0.0351. The van der Waals surface area contributed by atoms with E-state index in [1.54, 1.807) is 0 Å². The third-order valence-electron chi connectivity index (χ3n) is 3.08. The van der Waals surface area contributed by atoms with Crippen LogP contribution in [0.4, 0.5) is 10.5 Å². The minimum Gasteiger partial charge on any atom is -0.469 e. The molecule has 1 atom stereocenters. The molecule has 1 unspecified atom stereocenters. The Kier molecular flexibility index (Phi) is 7.21. The monoisotopic (exact) mass is 337 g/mol. The molecule has 0 spiro atoms. The number of ether oxygens (including phenoxy) is 2. The van der Waals surface area contributed by atoms with Crippen LogP contribution in [0.15, 0.2) is 24.3 Å². The van der Waals surface area contributed by atoms with Crippen LogP contribution in [0.5, 0.6) is 0 Å². The predicted molar refractivity (Wildman–Crippen MR) is 84.2 cm³/mol. The van der Waals surface area contributed by atoms with Crippen molar-refractivity contribution in [2.75, 3.05) is 19.5 Å². The maximum absolute atomic E-state index is 11.9. The van der Waals surface area contributed by atoms with Gasteiger partial charge in [0.2, 0.25) is 5.91 Å². The average Bonchev–Trinajstić information content (AvgIpc) is 2.57. The van der Waals surface area contributed by atoms with E-state index in [2.05, 4.69) is 20.1 Å². The SMILES string of the molecule is COC(=O)CCC(NC(=O)Nc1ccc(C(N)=O)cc1)C(=O)OC. The maximum Gasteiger partial charge on any atom is 0.328 e. The van der Waals surface area contributed by atoms with Gasteiger partial charge in [-0.3, -0.25) is 9.59 Å². The van der Waals surface area contributed by atoms with Crippen LogP contribution in [-0.2, 0) is 19.1 Å². The highest BCUT2D eigenvalue weighted by Crippen LogP contribution is 2.09. The fourth-order valence-electron chi connectivity index (χ4n) is 1.80. The molecule has 0 bridgehead atoms. The second-order valence-electron chi connectivity index (χ2n) is 4.73. The van der Waals surface area contributed by atoms with Crippen molar-refractivity contribution in [2.24, 2.45) is 5.73 Å². The number of anilines is 1. The van der Waals surface area contributed by atoms with Crippen LogP contribution >= 0.6 is 0 Å². The summed E-state index contributed by atoms with van der Waals surface area (Å²) in [6.07, 6.45) is -0.0166. The van der Waals surface area contributed by atoms with Crippen LogP contribution in [-0.4, -0.2) is 44.1 Å². The summed E-state index contributed by atoms with van der Waals surface area (Å²) in [7, 11) is 2.40. The summed E-state index contributed by atoms with van der Waals surface area (Å²) >= 11 is 0. The number of nitrogens with one attached hydrogen (secondary N) is 2. The first-order valence-corrected chi connectivity index (χ1v) is 6.99. The zero-order valence-electron chi connectivity index (χ0n) is 13.3. The van der Waals surface area contributed by atoms with E-state index in [0.717, 1.165) is 0 Å². The lowest BCUT2D eigenvalue weighted by atomic mass is 10.1. The predicted octanol–water partition coefficient (Wildman–Crippen LogP) is 0.402. The van der Waals surface area contributed by atoms with Gasteiger partial charge in [0, 0.05) is 17.7 Å². The Hall–Kier alpha value is -3.10. The molecule has 4 N–H and O–H groups in total. The van der Waals surface area contributed by atoms with Crippen LogP contribution in [0.1, 0.15) is 23.2 Å². The first-order chi connectivity index (χ1) is 11.4. The Bertz CT molecular complexity index is 614. The van der Waals surface area contributed by atoms with Gasteiger partial charge >= 0.3 is 18.0 Å². The molecule has 24 heavy (non-hydrogen) atoms. The number of primary amides is 1. The summed E-state index contributed by atoms with van der Waals surface area (Å²) < 4.78 is 9.07. The van der Waals surface area contributed by atoms with Crippen LogP contribution in [0.2, 0.25) is 0 Å². The molecule has 3 amide bonds. The Morgan fingerprint density at radius 1 is 1.08 bits per heavy atom. The number of hydrogen-bond donors (Lipinski definition) is 3. The zero-order valence-corrected chi connectivity index (χ0v) is 13.3. The van der Waals surface area contributed by atoms with E-state index in [9.17, 15) is 19.2 Å². The van der Waals surface area contributed by atoms with E-state index in [1.807, 2.05) is 0 Å². The van der Waals surface area contributed by atoms with Crippen LogP contribution in [0.25, 0.3) is 0 Å². The largest absolute Gasteiger partial charge is 0.469 e. The Morgan fingerprint density at radius 2 is 1.71 bits per heavy atom. The molecule has 0 heterocycles. The molecule has 0 aromatic heterocycles. The van der Waals surface area contributed by atoms with E-state index < -0.39 is 29.9 Å². The quantitative estimate of drug-likeness (QED) is 0.616. The smallest absolute Gasteiger partial charge is 0.328 e. The summed E-state index contributed by atoms with van der Waals surface area (Å²) in [5.41, 5.74) is 5.82. The summed E-state index contributed by atoms with van der Waals surface area (Å²) in [6, 6.07) is 4.21. The van der Waals surface area contributed by atoms with Gasteiger partial charge in [-0.1, -0.05) is 0 Å². The fraction of sp³-hybridized carbons (Fsp3) is 0.333. The van der Waals surface area contributed by atoms with Gasteiger partial charge in [0.05, 0.1) is 14.2 Å². The third kappa shape index (κ3) is 5.95. The van der Waals surface area contributed by atoms with Gasteiger partial charge in [-0.15, -0.1) is 0 Å². The molecule has 1 aromatic rings. The average molecular weight is 337 g/mol. The fourth-order valence-corrected chi connectivity index (χ4v) is 1.80. The standard InChI is InChI=1S/C15H19N3O6/c1-23-12(19)8-7-11(14(21)24-2)18-15(22)17-10-5-3-9(4-6-10)13(16)20/h3-6,11H,7-8H2,1-2H3,(H2,16,20)(H2,17,18,22). The maximum atomic E-state index is 11.9. The van der Waals surface area contributed by atoms with Gasteiger partial charge in [-0.05, 0) is 30.7 Å². The van der Waals surface area contributed by atoms with Crippen molar-refractivity contribution in [3.8, 4) is 0 Å². The highest BCUT2D eigenvalue weighted by atomic mass is 16.5. The Balaban J connectivity index is 2.64. The molecule has 9 heteroatoms. The van der Waals surface area contributed by atoms with Crippen molar-refractivity contribution in [1.29, 1.82) is 0 Å². The van der Waals surface area contributed by atoms with Gasteiger partial charge in [-0.25, -0.2) is 9.59 Å². The van der Waals surface area contributed by atoms with Crippen molar-refractivity contribution in [3.05, 3.63) is 29.8 Å². The molecule has 0 aliphatic rings. The van der Waals surface area contributed by atoms with E-state index >= 15 is 0 Å². The van der Waals surface area contributed by atoms with Crippen molar-refractivity contribution >= 4 is 29.6 Å². The second-order valence-corrected chi connectivity index (χ2v) is 4.73. The molecule has 0 aliphatic heterocycles. The highest BCUT2D eigenvalue weighted by molar-refractivity contribution is 5.95. The topological polar surface area (TPSA) is 137 Å². The molecule has 9 nitrogen and oxygen atoms in total. The number of urea groups is 1. The number of benzene rings is 1. The van der Waals surface area contributed by atoms with Crippen molar-refractivity contribution < 1.29 is 28.7 Å². The number of nitrogens with two attached hydrogens (primary N) is 1. The molecule has 1 aromatic carbocycles. The van der Waals surface area contributed by atoms with Crippen molar-refractivity contribution in [1.82, 2.24) is 5.32 Å². The van der Waals surface area contributed by atoms with Crippen LogP contribution in [0, 0.1) is 0 Å². The van der Waals surface area contributed by atoms with Crippen LogP contribution in [0.3, 0.4) is 0 Å². The molecule has 130 valence electrons. The molecule has 0 radical (unpaired) electrons. The van der Waals surface area contributed by atoms with Gasteiger partial charge in [0.1, 0.15) is 6.04 Å². The number of hydrogen-bond acceptors (Lipinski definition) is 6. The van der Waals surface area contributed by atoms with E-state index in [4.69, 9.17) is 5.73 Å². The van der Waals surface area contributed by atoms with E-state index in [-0.39, 0.29) is 12.8 Å². The molecule has 0 saturated heterocycles. The Morgan fingerprint density at radius 3 is 2.21 bits per heavy atom. The number of carbonyl (C=O) groups excluding carboxylic acids is 4. The van der Waals surface area contributed by atoms with Crippen LogP contribution < -0.4 is 16.4 Å². The summed E-state index contributed by atoms with van der Waals surface area (Å²) in [4.78, 5) is 45.7. The molecular weight excluding hydrogens is 318 g/mol. The first-order valence-electron chi connectivity index (χ1n) is 6.99. The molecule has 0 aliphatic carbocycles. The third-order valence-corrected chi connectivity index (χ3v) is 3.08. The minimum atomic E-state index is -1.00. The summed E-state index contributed by atoms with van der Waals surface area (Å²) in [5, 5.41) is 4.90. The molecule has 0 saturated carbocycles. The first kappa shape index (κ1) is 18.9. The lowest BCUT2D eigenvalue weighted by Crippen LogP contribution is -2.43. The number of amides is 3. The second kappa shape index (κ2) is 9.13. The molecular formula is C15H19N3O6. The van der Waals surface area contributed by atoms with Crippen molar-refractivity contribution in [2.45, 2.75) is 18.9 Å². The van der Waals surface area contributed by atoms with Gasteiger partial charge in [-0.2, -0.15) is 0 Å². The molecule has 1 rings (SSSR count). The van der Waals surface area contributed by atoms with Gasteiger partial charge < -0.3 is 25.8 Å². The number of rotatable bonds is 7. The number of esters is 2. The number of methoxy groups -OCH3 is 2. The van der Waals surface area contributed by atoms with E-state index in [0.29, 0.717) is 11.3 Å². The highest BCUT2D eigenvalue weighted by Gasteiger charge is 2.22. The lowest BCUT2D eigenvalue weighted by molar-refractivity contribution is -0.144. The summed E-state index contributed by atoms with van der Waals surface area (Å²) in [6.45, 7) is 0. The molecule has 0 fully saturated rings. The summed E-state index contributed by atoms with van der Waals surface area (Å²) in [5.74, 6) is -1.77. The lowest BCUT2D eigenvalue weighted by Gasteiger charge is -2.16. The van der Waals surface area contributed by atoms with E-state index in [1.165, 1.54) is 38.5 Å². The zero-order chi connectivity index (χ0) is 18.1. The van der Waals surface area contributed by atoms with Gasteiger partial charge in [0.25, 0.3) is 0 Å².